The van der Waals surface area contributed by atoms with E-state index in [1.54, 1.807) is 0 Å². The Morgan fingerprint density at radius 1 is 0.792 bits per heavy atom. The van der Waals surface area contributed by atoms with Crippen molar-refractivity contribution in [3.63, 3.8) is 0 Å². The van der Waals surface area contributed by atoms with Gasteiger partial charge in [0.25, 0.3) is 0 Å². The van der Waals surface area contributed by atoms with Crippen LogP contribution < -0.4 is 5.69 Å². The summed E-state index contributed by atoms with van der Waals surface area (Å²) < 4.78 is 245. The van der Waals surface area contributed by atoms with Crippen molar-refractivity contribution in [2.45, 2.75) is 66.4 Å². The molecule has 2 aliphatic rings. The first-order chi connectivity index (χ1) is 21.4. The number of nitriles is 1. The molecular formula is C23H10F18N4O3. The second-order valence-corrected chi connectivity index (χ2v) is 10.3. The second kappa shape index (κ2) is 10.1. The van der Waals surface area contributed by atoms with Crippen LogP contribution in [0, 0.1) is 11.3 Å². The molecule has 25 heteroatoms. The van der Waals surface area contributed by atoms with Gasteiger partial charge in [-0.3, -0.25) is 9.36 Å². The number of hydrogen-bond donors (Lipinski definition) is 1. The van der Waals surface area contributed by atoms with Gasteiger partial charge in [0.1, 0.15) is 5.69 Å². The van der Waals surface area contributed by atoms with Crippen molar-refractivity contribution >= 4 is 5.91 Å². The normalized spacial score (nSPS) is 19.5. The molecule has 1 aromatic carbocycles. The molecule has 2 unspecified atom stereocenters. The van der Waals surface area contributed by atoms with Crippen LogP contribution in [-0.4, -0.2) is 73.3 Å². The lowest BCUT2D eigenvalue weighted by atomic mass is 9.90. The van der Waals surface area contributed by atoms with Crippen LogP contribution >= 0.6 is 0 Å². The first kappa shape index (κ1) is 36.6. The summed E-state index contributed by atoms with van der Waals surface area (Å²) >= 11 is 0. The van der Waals surface area contributed by atoms with Crippen molar-refractivity contribution in [1.82, 2.24) is 14.0 Å². The highest BCUT2D eigenvalue weighted by molar-refractivity contribution is 5.86. The van der Waals surface area contributed by atoms with Gasteiger partial charge >= 0.3 is 59.5 Å². The molecule has 0 radical (unpaired) electrons. The van der Waals surface area contributed by atoms with E-state index in [0.717, 1.165) is 0 Å². The Morgan fingerprint density at radius 3 is 1.77 bits per heavy atom. The zero-order chi connectivity index (χ0) is 37.2. The number of rotatable bonds is 7. The van der Waals surface area contributed by atoms with E-state index in [0.29, 0.717) is 16.7 Å². The quantitative estimate of drug-likeness (QED) is 0.332. The number of carbonyl (C=O) groups excluding carboxylic acids is 1. The van der Waals surface area contributed by atoms with Gasteiger partial charge in [0.05, 0.1) is 35.0 Å². The summed E-state index contributed by atoms with van der Waals surface area (Å²) in [5.74, 6) is -54.5. The highest BCUT2D eigenvalue weighted by Gasteiger charge is 2.94. The molecule has 2 bridgehead atoms. The van der Waals surface area contributed by atoms with Crippen LogP contribution in [-0.2, 0) is 11.0 Å². The van der Waals surface area contributed by atoms with Crippen molar-refractivity contribution < 1.29 is 88.9 Å². The molecule has 4 rings (SSSR count). The second-order valence-electron chi connectivity index (χ2n) is 10.3. The van der Waals surface area contributed by atoms with Crippen LogP contribution in [0.3, 0.4) is 0 Å². The molecule has 1 fully saturated rings. The zero-order valence-electron chi connectivity index (χ0n) is 22.2. The van der Waals surface area contributed by atoms with Gasteiger partial charge in [0.15, 0.2) is 0 Å². The van der Waals surface area contributed by atoms with Gasteiger partial charge in [-0.15, -0.1) is 0 Å². The van der Waals surface area contributed by atoms with Crippen molar-refractivity contribution in [3.8, 4) is 17.6 Å². The minimum absolute atomic E-state index is 0.0449. The number of nitrogens with zero attached hydrogens (tertiary/aromatic N) is 4. The van der Waals surface area contributed by atoms with Gasteiger partial charge in [0.2, 0.25) is 5.88 Å². The van der Waals surface area contributed by atoms with Crippen LogP contribution in [0.4, 0.5) is 79.0 Å². The van der Waals surface area contributed by atoms with Crippen molar-refractivity contribution in [3.05, 3.63) is 45.5 Å². The van der Waals surface area contributed by atoms with E-state index in [2.05, 4.69) is 0 Å². The molecule has 7 nitrogen and oxygen atoms in total. The maximum Gasteiger partial charge on any atom is 0.460 e. The van der Waals surface area contributed by atoms with Crippen LogP contribution in [0.15, 0.2) is 23.0 Å². The minimum Gasteiger partial charge on any atom is -0.493 e. The van der Waals surface area contributed by atoms with Crippen LogP contribution in [0.1, 0.15) is 35.3 Å². The molecule has 0 saturated carbocycles. The summed E-state index contributed by atoms with van der Waals surface area (Å²) in [6.45, 7) is -1.41. The average molecular weight is 732 g/mol. The fourth-order valence-corrected chi connectivity index (χ4v) is 5.19. The predicted molar refractivity (Wildman–Crippen MR) is 115 cm³/mol. The Balaban J connectivity index is 1.75. The summed E-state index contributed by atoms with van der Waals surface area (Å²) in [7, 11) is 0. The number of alkyl halides is 18. The van der Waals surface area contributed by atoms with Crippen LogP contribution in [0.25, 0.3) is 5.69 Å². The van der Waals surface area contributed by atoms with Gasteiger partial charge in [0, 0.05) is 6.54 Å². The van der Waals surface area contributed by atoms with Gasteiger partial charge in [-0.25, -0.2) is 9.36 Å². The molecule has 1 amide bonds. The van der Waals surface area contributed by atoms with Gasteiger partial charge in [-0.2, -0.15) is 84.3 Å². The van der Waals surface area contributed by atoms with Gasteiger partial charge in [-0.05, 0) is 24.6 Å². The number of aromatic hydroxyl groups is 1. The Bertz CT molecular complexity index is 1760. The Labute approximate surface area is 251 Å². The molecule has 2 aromatic rings. The molecular weight excluding hydrogens is 722 g/mol. The molecule has 2 atom stereocenters. The number of benzene rings is 1. The van der Waals surface area contributed by atoms with E-state index in [4.69, 9.17) is 5.26 Å². The van der Waals surface area contributed by atoms with E-state index < -0.39 is 118 Å². The maximum atomic E-state index is 14.7. The molecule has 48 heavy (non-hydrogen) atoms. The standard InChI is InChI=1S/C23H10F18N4O3/c24-16(25,18(29,30)19(31,32)20(33,34)21(35,36)22(37,38)23(39,40)41)14(47)43-6-9-4-11(43)12-13(46)45(15(48)44(9)12)8-2-1-7(5-42)10(3-8)17(26,27)28/h1-3,9,11,46H,4,6H2. The minimum atomic E-state index is -8.64. The zero-order valence-corrected chi connectivity index (χ0v) is 22.2. The number of amides is 1. The SMILES string of the molecule is N#Cc1ccc(-n2c(O)c3n(c2=O)C2CC3N(C(=O)C(F)(F)C(F)(F)C(F)(F)C(F)(F)C(F)(F)C(F)(F)C(F)(F)F)C2)cc1C(F)(F)F. The topological polar surface area (TPSA) is 91.3 Å². The van der Waals surface area contributed by atoms with Crippen molar-refractivity contribution in [2.75, 3.05) is 6.54 Å². The first-order valence-corrected chi connectivity index (χ1v) is 12.2. The van der Waals surface area contributed by atoms with Gasteiger partial charge in [-0.1, -0.05) is 0 Å². The van der Waals surface area contributed by atoms with Gasteiger partial charge < -0.3 is 10.0 Å². The Hall–Kier alpha value is -4.27. The molecule has 2 aliphatic heterocycles. The summed E-state index contributed by atoms with van der Waals surface area (Å²) in [5, 5.41) is 19.5. The summed E-state index contributed by atoms with van der Waals surface area (Å²) in [4.78, 5) is 24.8. The number of halogens is 18. The highest BCUT2D eigenvalue weighted by Crippen LogP contribution is 2.63. The summed E-state index contributed by atoms with van der Waals surface area (Å²) in [6.07, 6.45) is -13.9. The molecule has 1 N–H and O–H groups in total. The molecule has 0 spiro atoms. The fraction of sp³-hybridized carbons (Fsp3) is 0.522. The van der Waals surface area contributed by atoms with E-state index in [1.165, 1.54) is 6.07 Å². The third kappa shape index (κ3) is 4.45. The molecule has 1 saturated heterocycles. The molecule has 0 aliphatic carbocycles. The third-order valence-electron chi connectivity index (χ3n) is 7.60. The monoisotopic (exact) mass is 732 g/mol. The third-order valence-corrected chi connectivity index (χ3v) is 7.60. The number of hydrogen-bond acceptors (Lipinski definition) is 4. The van der Waals surface area contributed by atoms with Crippen LogP contribution in [0.2, 0.25) is 0 Å². The lowest BCUT2D eigenvalue weighted by Gasteiger charge is -2.42. The van der Waals surface area contributed by atoms with E-state index >= 15 is 0 Å². The first-order valence-electron chi connectivity index (χ1n) is 12.2. The van der Waals surface area contributed by atoms with E-state index in [9.17, 15) is 93.7 Å². The largest absolute Gasteiger partial charge is 0.493 e. The van der Waals surface area contributed by atoms with Crippen LogP contribution in [0.5, 0.6) is 5.88 Å². The van der Waals surface area contributed by atoms with E-state index in [-0.39, 0.29) is 10.6 Å². The predicted octanol–water partition coefficient (Wildman–Crippen LogP) is 6.44. The summed E-state index contributed by atoms with van der Waals surface area (Å²) in [6, 6.07) is -1.46. The van der Waals surface area contributed by atoms with Crippen molar-refractivity contribution in [1.29, 1.82) is 5.26 Å². The Morgan fingerprint density at radius 2 is 1.29 bits per heavy atom. The smallest absolute Gasteiger partial charge is 0.460 e. The number of imidazole rings is 1. The summed E-state index contributed by atoms with van der Waals surface area (Å²) in [5.41, 5.74) is -6.03. The average Bonchev–Trinajstić information content (AvgIpc) is 3.61. The van der Waals surface area contributed by atoms with Crippen molar-refractivity contribution in [2.24, 2.45) is 0 Å². The number of carbonyl (C=O) groups is 1. The highest BCUT2D eigenvalue weighted by atomic mass is 19.4. The number of fused-ring (bicyclic) bond motifs is 5. The fourth-order valence-electron chi connectivity index (χ4n) is 5.19. The maximum absolute atomic E-state index is 14.7. The molecule has 266 valence electrons. The lowest BCUT2D eigenvalue weighted by molar-refractivity contribution is -0.450. The Kier molecular flexibility index (Phi) is 7.71. The number of aromatic nitrogens is 2. The number of likely N-dealkylation sites (tertiary alicyclic amines) is 1. The molecule has 1 aromatic heterocycles. The molecule has 3 heterocycles. The van der Waals surface area contributed by atoms with E-state index in [1.807, 2.05) is 0 Å². The lowest BCUT2D eigenvalue weighted by Crippen LogP contribution is -2.74.